The van der Waals surface area contributed by atoms with Gasteiger partial charge in [-0.25, -0.2) is 9.48 Å². The Kier molecular flexibility index (Phi) is 5.55. The summed E-state index contributed by atoms with van der Waals surface area (Å²) in [5, 5.41) is 14.7. The summed E-state index contributed by atoms with van der Waals surface area (Å²) >= 11 is 0. The maximum Gasteiger partial charge on any atom is 0.317 e. The van der Waals surface area contributed by atoms with Crippen molar-refractivity contribution in [3.63, 3.8) is 0 Å². The Morgan fingerprint density at radius 1 is 1.30 bits per heavy atom. The maximum atomic E-state index is 12.4. The summed E-state index contributed by atoms with van der Waals surface area (Å²) in [6.07, 6.45) is 4.26. The first-order chi connectivity index (χ1) is 14.6. The van der Waals surface area contributed by atoms with Gasteiger partial charge in [0, 0.05) is 43.3 Å². The summed E-state index contributed by atoms with van der Waals surface area (Å²) in [7, 11) is 1.64. The average molecular weight is 411 g/mol. The van der Waals surface area contributed by atoms with Crippen molar-refractivity contribution in [3.8, 4) is 5.75 Å². The van der Waals surface area contributed by atoms with Crippen molar-refractivity contribution in [2.24, 2.45) is 0 Å². The maximum absolute atomic E-state index is 12.4. The van der Waals surface area contributed by atoms with Crippen LogP contribution in [0.4, 0.5) is 4.79 Å². The Balaban J connectivity index is 1.29. The van der Waals surface area contributed by atoms with Crippen LogP contribution >= 0.6 is 0 Å². The smallest absolute Gasteiger partial charge is 0.317 e. The van der Waals surface area contributed by atoms with Crippen LogP contribution in [0.3, 0.4) is 0 Å². The number of aromatic nitrogens is 4. The molecular weight excluding hydrogens is 386 g/mol. The molecule has 3 heterocycles. The van der Waals surface area contributed by atoms with Crippen molar-refractivity contribution in [3.05, 3.63) is 41.9 Å². The molecule has 0 radical (unpaired) electrons. The van der Waals surface area contributed by atoms with Gasteiger partial charge in [-0.05, 0) is 37.1 Å². The summed E-state index contributed by atoms with van der Waals surface area (Å²) in [6.45, 7) is 4.07. The summed E-state index contributed by atoms with van der Waals surface area (Å²) < 4.78 is 6.94. The van der Waals surface area contributed by atoms with Gasteiger partial charge in [-0.2, -0.15) is 0 Å². The molecule has 1 aromatic carbocycles. The van der Waals surface area contributed by atoms with Crippen LogP contribution in [0.5, 0.6) is 5.75 Å². The predicted octanol–water partition coefficient (Wildman–Crippen LogP) is 1.33. The number of benzene rings is 1. The molecule has 4 rings (SSSR count). The fourth-order valence-corrected chi connectivity index (χ4v) is 3.50. The predicted molar refractivity (Wildman–Crippen MR) is 111 cm³/mol. The van der Waals surface area contributed by atoms with Gasteiger partial charge in [0.2, 0.25) is 0 Å². The SMILES string of the molecule is CCNC(=O)N1CC(n2cc(C(=O)NCCc3c[nH]c4ccc(OC)cc34)nn2)C1. The van der Waals surface area contributed by atoms with E-state index in [1.54, 1.807) is 22.9 Å². The number of aromatic amines is 1. The van der Waals surface area contributed by atoms with Crippen molar-refractivity contribution in [1.82, 2.24) is 35.5 Å². The second kappa shape index (κ2) is 8.44. The Bertz CT molecular complexity index is 1050. The molecule has 0 unspecified atom stereocenters. The molecule has 3 N–H and O–H groups in total. The zero-order chi connectivity index (χ0) is 21.1. The quantitative estimate of drug-likeness (QED) is 0.542. The zero-order valence-electron chi connectivity index (χ0n) is 17.0. The van der Waals surface area contributed by atoms with Gasteiger partial charge in [-0.1, -0.05) is 5.21 Å². The number of amides is 3. The molecule has 0 spiro atoms. The Hall–Kier alpha value is -3.56. The van der Waals surface area contributed by atoms with E-state index in [4.69, 9.17) is 4.74 Å². The third-order valence-electron chi connectivity index (χ3n) is 5.25. The Morgan fingerprint density at radius 2 is 2.13 bits per heavy atom. The molecule has 1 fully saturated rings. The third-order valence-corrected chi connectivity index (χ3v) is 5.25. The number of methoxy groups -OCH3 is 1. The number of carbonyl (C=O) groups is 2. The second-order valence-electron chi connectivity index (χ2n) is 7.21. The number of carbonyl (C=O) groups excluding carboxylic acids is 2. The molecular formula is C20H25N7O3. The van der Waals surface area contributed by atoms with E-state index in [2.05, 4.69) is 25.9 Å². The molecule has 3 amide bonds. The van der Waals surface area contributed by atoms with Gasteiger partial charge in [0.15, 0.2) is 5.69 Å². The number of urea groups is 1. The van der Waals surface area contributed by atoms with Crippen LogP contribution in [0.15, 0.2) is 30.6 Å². The average Bonchev–Trinajstić information content (AvgIpc) is 3.34. The summed E-state index contributed by atoms with van der Waals surface area (Å²) in [4.78, 5) is 29.1. The highest BCUT2D eigenvalue weighted by atomic mass is 16.5. The number of H-pyrrole nitrogens is 1. The molecule has 30 heavy (non-hydrogen) atoms. The van der Waals surface area contributed by atoms with Crippen LogP contribution in [0.1, 0.15) is 29.0 Å². The lowest BCUT2D eigenvalue weighted by Crippen LogP contribution is -2.54. The fourth-order valence-electron chi connectivity index (χ4n) is 3.50. The molecule has 1 aliphatic heterocycles. The first-order valence-corrected chi connectivity index (χ1v) is 9.96. The minimum atomic E-state index is -0.265. The van der Waals surface area contributed by atoms with Crippen molar-refractivity contribution in [2.45, 2.75) is 19.4 Å². The zero-order valence-corrected chi connectivity index (χ0v) is 17.0. The molecule has 10 nitrogen and oxygen atoms in total. The van der Waals surface area contributed by atoms with Crippen molar-refractivity contribution in [2.75, 3.05) is 33.3 Å². The third kappa shape index (κ3) is 3.93. The standard InChI is InChI=1S/C20H25N7O3/c1-3-21-20(29)26-10-14(11-26)27-12-18(24-25-27)19(28)22-7-6-13-9-23-17-5-4-15(30-2)8-16(13)17/h4-5,8-9,12,14,23H,3,6-7,10-11H2,1-2H3,(H,21,29)(H,22,28). The van der Waals surface area contributed by atoms with E-state index in [0.29, 0.717) is 32.6 Å². The van der Waals surface area contributed by atoms with Crippen LogP contribution in [0.2, 0.25) is 0 Å². The van der Waals surface area contributed by atoms with Gasteiger partial charge in [0.25, 0.3) is 5.91 Å². The Labute approximate surface area is 173 Å². The van der Waals surface area contributed by atoms with Gasteiger partial charge in [0.1, 0.15) is 5.75 Å². The molecule has 10 heteroatoms. The van der Waals surface area contributed by atoms with Gasteiger partial charge < -0.3 is 25.3 Å². The molecule has 0 saturated carbocycles. The molecule has 158 valence electrons. The van der Waals surface area contributed by atoms with Crippen molar-refractivity contribution in [1.29, 1.82) is 0 Å². The molecule has 2 aromatic heterocycles. The van der Waals surface area contributed by atoms with E-state index in [-0.39, 0.29) is 23.7 Å². The number of nitrogens with one attached hydrogen (secondary N) is 3. The van der Waals surface area contributed by atoms with E-state index in [0.717, 1.165) is 22.2 Å². The molecule has 3 aromatic rings. The summed E-state index contributed by atoms with van der Waals surface area (Å²) in [5.41, 5.74) is 2.40. The number of hydrogen-bond acceptors (Lipinski definition) is 5. The number of likely N-dealkylation sites (tertiary alicyclic amines) is 1. The van der Waals surface area contributed by atoms with Crippen molar-refractivity contribution >= 4 is 22.8 Å². The lowest BCUT2D eigenvalue weighted by atomic mass is 10.1. The van der Waals surface area contributed by atoms with Gasteiger partial charge >= 0.3 is 6.03 Å². The normalized spacial score (nSPS) is 13.9. The second-order valence-corrected chi connectivity index (χ2v) is 7.21. The largest absolute Gasteiger partial charge is 0.497 e. The minimum Gasteiger partial charge on any atom is -0.497 e. The van der Waals surface area contributed by atoms with Crippen LogP contribution in [-0.2, 0) is 6.42 Å². The van der Waals surface area contributed by atoms with E-state index in [9.17, 15) is 9.59 Å². The highest BCUT2D eigenvalue weighted by molar-refractivity contribution is 5.92. The number of ether oxygens (including phenoxy) is 1. The molecule has 0 atom stereocenters. The Morgan fingerprint density at radius 3 is 2.90 bits per heavy atom. The van der Waals surface area contributed by atoms with Gasteiger partial charge in [0.05, 0.1) is 19.3 Å². The van der Waals surface area contributed by atoms with Crippen LogP contribution in [0, 0.1) is 0 Å². The van der Waals surface area contributed by atoms with Crippen LogP contribution < -0.4 is 15.4 Å². The first kappa shape index (κ1) is 19.7. The van der Waals surface area contributed by atoms with E-state index >= 15 is 0 Å². The molecule has 0 bridgehead atoms. The van der Waals surface area contributed by atoms with Gasteiger partial charge in [-0.15, -0.1) is 5.10 Å². The van der Waals surface area contributed by atoms with E-state index < -0.39 is 0 Å². The topological polar surface area (TPSA) is 117 Å². The highest BCUT2D eigenvalue weighted by Gasteiger charge is 2.32. The number of fused-ring (bicyclic) bond motifs is 1. The van der Waals surface area contributed by atoms with E-state index in [1.165, 1.54) is 0 Å². The molecule has 1 aliphatic rings. The lowest BCUT2D eigenvalue weighted by molar-refractivity contribution is 0.0948. The first-order valence-electron chi connectivity index (χ1n) is 9.96. The minimum absolute atomic E-state index is 0.0443. The van der Waals surface area contributed by atoms with Crippen LogP contribution in [-0.4, -0.2) is 70.1 Å². The number of hydrogen-bond donors (Lipinski definition) is 3. The van der Waals surface area contributed by atoms with Crippen LogP contribution in [0.25, 0.3) is 10.9 Å². The van der Waals surface area contributed by atoms with E-state index in [1.807, 2.05) is 31.3 Å². The monoisotopic (exact) mass is 411 g/mol. The van der Waals surface area contributed by atoms with Gasteiger partial charge in [-0.3, -0.25) is 4.79 Å². The summed E-state index contributed by atoms with van der Waals surface area (Å²) in [5.74, 6) is 0.532. The molecule has 1 saturated heterocycles. The number of nitrogens with zero attached hydrogens (tertiary/aromatic N) is 4. The summed E-state index contributed by atoms with van der Waals surface area (Å²) in [6, 6.07) is 5.83. The highest BCUT2D eigenvalue weighted by Crippen LogP contribution is 2.24. The fraction of sp³-hybridized carbons (Fsp3) is 0.400. The number of rotatable bonds is 7. The molecule has 0 aliphatic carbocycles. The van der Waals surface area contributed by atoms with Crippen molar-refractivity contribution < 1.29 is 14.3 Å². The lowest BCUT2D eigenvalue weighted by Gasteiger charge is -2.38.